The van der Waals surface area contributed by atoms with Crippen molar-refractivity contribution in [3.05, 3.63) is 107 Å². The number of benzene rings is 3. The zero-order chi connectivity index (χ0) is 24.5. The number of carbonyl (C=O) groups excluding carboxylic acids is 1. The first-order valence-corrected chi connectivity index (χ1v) is 12.5. The molecule has 1 atom stereocenters. The molecule has 3 aromatic carbocycles. The third-order valence-corrected chi connectivity index (χ3v) is 7.32. The molecule has 2 aliphatic rings. The fraction of sp³-hybridized carbons (Fsp3) is 0.276. The van der Waals surface area contributed by atoms with Crippen LogP contribution < -0.4 is 5.32 Å². The molecular formula is C29H29N5O2. The molecule has 0 radical (unpaired) electrons. The topological polar surface area (TPSA) is 72.3 Å². The van der Waals surface area contributed by atoms with Crippen molar-refractivity contribution >= 4 is 6.09 Å². The molecule has 36 heavy (non-hydrogen) atoms. The number of nitrogens with zero attached hydrogens (tertiary/aromatic N) is 4. The summed E-state index contributed by atoms with van der Waals surface area (Å²) >= 11 is 0. The van der Waals surface area contributed by atoms with E-state index in [1.54, 1.807) is 4.90 Å². The first-order valence-electron chi connectivity index (χ1n) is 12.5. The van der Waals surface area contributed by atoms with E-state index in [9.17, 15) is 4.79 Å². The summed E-state index contributed by atoms with van der Waals surface area (Å²) in [7, 11) is 0. The lowest BCUT2D eigenvalue weighted by atomic mass is 9.98. The molecule has 1 aliphatic heterocycles. The molecule has 4 aromatic rings. The Morgan fingerprint density at radius 2 is 1.64 bits per heavy atom. The SMILES string of the molecule is Cc1c(C2CNCCN2C(=O)OCC2c3ccccc3-c3ccccc32)nnn1Cc1ccccc1. The number of hydrogen-bond acceptors (Lipinski definition) is 5. The second-order valence-electron chi connectivity index (χ2n) is 9.42. The number of aromatic nitrogens is 3. The molecule has 1 amide bonds. The van der Waals surface area contributed by atoms with Crippen LogP contribution in [0.3, 0.4) is 0 Å². The number of carbonyl (C=O) groups is 1. The summed E-state index contributed by atoms with van der Waals surface area (Å²) in [4.78, 5) is 15.2. The van der Waals surface area contributed by atoms with Crippen LogP contribution in [0.1, 0.15) is 40.0 Å². The highest BCUT2D eigenvalue weighted by Gasteiger charge is 2.34. The molecule has 1 saturated heterocycles. The van der Waals surface area contributed by atoms with Gasteiger partial charge in [-0.05, 0) is 34.7 Å². The van der Waals surface area contributed by atoms with E-state index in [-0.39, 0.29) is 18.1 Å². The summed E-state index contributed by atoms with van der Waals surface area (Å²) < 4.78 is 7.88. The van der Waals surface area contributed by atoms with Gasteiger partial charge in [0.1, 0.15) is 12.3 Å². The van der Waals surface area contributed by atoms with Crippen molar-refractivity contribution in [1.82, 2.24) is 25.2 Å². The van der Waals surface area contributed by atoms with Crippen molar-refractivity contribution in [2.24, 2.45) is 0 Å². The lowest BCUT2D eigenvalue weighted by Crippen LogP contribution is -2.49. The van der Waals surface area contributed by atoms with E-state index in [2.05, 4.69) is 64.2 Å². The molecule has 0 spiro atoms. The molecule has 0 saturated carbocycles. The van der Waals surface area contributed by atoms with E-state index in [1.165, 1.54) is 22.3 Å². The maximum atomic E-state index is 13.4. The summed E-state index contributed by atoms with van der Waals surface area (Å²) in [5.41, 5.74) is 7.80. The normalized spacial score (nSPS) is 17.0. The smallest absolute Gasteiger partial charge is 0.410 e. The number of fused-ring (bicyclic) bond motifs is 3. The highest BCUT2D eigenvalue weighted by atomic mass is 16.6. The van der Waals surface area contributed by atoms with Crippen LogP contribution >= 0.6 is 0 Å². The summed E-state index contributed by atoms with van der Waals surface area (Å²) in [5, 5.41) is 12.3. The Balaban J connectivity index is 1.19. The van der Waals surface area contributed by atoms with Crippen LogP contribution in [-0.2, 0) is 11.3 Å². The van der Waals surface area contributed by atoms with Gasteiger partial charge in [-0.3, -0.25) is 4.90 Å². The Hall–Kier alpha value is -3.97. The fourth-order valence-corrected chi connectivity index (χ4v) is 5.43. The van der Waals surface area contributed by atoms with Crippen molar-refractivity contribution in [2.45, 2.75) is 25.4 Å². The van der Waals surface area contributed by atoms with Gasteiger partial charge in [-0.1, -0.05) is 84.1 Å². The van der Waals surface area contributed by atoms with Gasteiger partial charge in [0.2, 0.25) is 0 Å². The maximum Gasteiger partial charge on any atom is 0.410 e. The molecule has 2 heterocycles. The number of nitrogens with one attached hydrogen (secondary N) is 1. The Kier molecular flexibility index (Phi) is 5.99. The first kappa shape index (κ1) is 22.5. The standard InChI is InChI=1S/C29H29N5O2/c1-20-28(31-32-34(20)18-21-9-3-2-4-10-21)27-17-30-15-16-33(27)29(35)36-19-26-24-13-7-5-11-22(24)23-12-6-8-14-25(23)26/h2-14,26-27,30H,15-19H2,1H3. The minimum Gasteiger partial charge on any atom is -0.448 e. The van der Waals surface area contributed by atoms with Gasteiger partial charge in [0.05, 0.1) is 18.3 Å². The third-order valence-electron chi connectivity index (χ3n) is 7.32. The molecule has 1 aliphatic carbocycles. The quantitative estimate of drug-likeness (QED) is 0.455. The lowest BCUT2D eigenvalue weighted by molar-refractivity contribution is 0.0742. The number of rotatable bonds is 5. The van der Waals surface area contributed by atoms with E-state index in [1.807, 2.05) is 41.9 Å². The van der Waals surface area contributed by atoms with Crippen molar-refractivity contribution in [1.29, 1.82) is 0 Å². The second kappa shape index (κ2) is 9.59. The van der Waals surface area contributed by atoms with Crippen molar-refractivity contribution < 1.29 is 9.53 Å². The van der Waals surface area contributed by atoms with Gasteiger partial charge in [-0.2, -0.15) is 0 Å². The zero-order valence-corrected chi connectivity index (χ0v) is 20.3. The lowest BCUT2D eigenvalue weighted by Gasteiger charge is -2.34. The Morgan fingerprint density at radius 3 is 2.36 bits per heavy atom. The summed E-state index contributed by atoms with van der Waals surface area (Å²) in [6, 6.07) is 26.7. The van der Waals surface area contributed by atoms with Gasteiger partial charge < -0.3 is 10.1 Å². The first-order chi connectivity index (χ1) is 17.7. The molecule has 7 nitrogen and oxygen atoms in total. The average molecular weight is 480 g/mol. The summed E-state index contributed by atoms with van der Waals surface area (Å²) in [6.07, 6.45) is -0.305. The number of piperazine rings is 1. The second-order valence-corrected chi connectivity index (χ2v) is 9.42. The van der Waals surface area contributed by atoms with Gasteiger partial charge in [0.25, 0.3) is 0 Å². The van der Waals surface area contributed by atoms with Crippen LogP contribution in [0.4, 0.5) is 4.79 Å². The van der Waals surface area contributed by atoms with E-state index < -0.39 is 0 Å². The molecule has 7 heteroatoms. The number of amides is 1. The van der Waals surface area contributed by atoms with E-state index >= 15 is 0 Å². The molecule has 1 unspecified atom stereocenters. The van der Waals surface area contributed by atoms with Crippen LogP contribution in [0, 0.1) is 6.92 Å². The molecule has 6 rings (SSSR count). The predicted octanol–water partition coefficient (Wildman–Crippen LogP) is 4.53. The Morgan fingerprint density at radius 1 is 0.972 bits per heavy atom. The fourth-order valence-electron chi connectivity index (χ4n) is 5.43. The number of hydrogen-bond donors (Lipinski definition) is 1. The van der Waals surface area contributed by atoms with Crippen molar-refractivity contribution in [2.75, 3.05) is 26.2 Å². The zero-order valence-electron chi connectivity index (χ0n) is 20.3. The summed E-state index contributed by atoms with van der Waals surface area (Å²) in [5.74, 6) is 0.0381. The Bertz CT molecular complexity index is 1340. The van der Waals surface area contributed by atoms with Gasteiger partial charge in [0, 0.05) is 25.6 Å². The van der Waals surface area contributed by atoms with Crippen LogP contribution in [0.5, 0.6) is 0 Å². The highest BCUT2D eigenvalue weighted by Crippen LogP contribution is 2.44. The molecule has 1 aromatic heterocycles. The Labute approximate surface area is 210 Å². The van der Waals surface area contributed by atoms with E-state index in [0.29, 0.717) is 26.2 Å². The molecule has 182 valence electrons. The predicted molar refractivity (Wildman–Crippen MR) is 138 cm³/mol. The van der Waals surface area contributed by atoms with Gasteiger partial charge in [-0.25, -0.2) is 9.48 Å². The average Bonchev–Trinajstić information content (AvgIpc) is 3.45. The summed E-state index contributed by atoms with van der Waals surface area (Å²) in [6.45, 7) is 4.87. The largest absolute Gasteiger partial charge is 0.448 e. The molecule has 0 bridgehead atoms. The van der Waals surface area contributed by atoms with E-state index in [4.69, 9.17) is 4.74 Å². The van der Waals surface area contributed by atoms with Crippen LogP contribution in [0.25, 0.3) is 11.1 Å². The van der Waals surface area contributed by atoms with Gasteiger partial charge in [-0.15, -0.1) is 5.10 Å². The van der Waals surface area contributed by atoms with Crippen LogP contribution in [0.15, 0.2) is 78.9 Å². The monoisotopic (exact) mass is 479 g/mol. The third kappa shape index (κ3) is 4.05. The minimum atomic E-state index is -0.305. The van der Waals surface area contributed by atoms with Crippen LogP contribution in [-0.4, -0.2) is 52.2 Å². The molecule has 1 fully saturated rings. The number of ether oxygens (including phenoxy) is 1. The maximum absolute atomic E-state index is 13.4. The minimum absolute atomic E-state index is 0.0381. The van der Waals surface area contributed by atoms with Gasteiger partial charge in [0.15, 0.2) is 0 Å². The van der Waals surface area contributed by atoms with Crippen molar-refractivity contribution in [3.8, 4) is 11.1 Å². The van der Waals surface area contributed by atoms with E-state index in [0.717, 1.165) is 23.5 Å². The van der Waals surface area contributed by atoms with Crippen LogP contribution in [0.2, 0.25) is 0 Å². The highest BCUT2D eigenvalue weighted by molar-refractivity contribution is 5.79. The molecule has 1 N–H and O–H groups in total. The molecular weight excluding hydrogens is 450 g/mol. The van der Waals surface area contributed by atoms with Crippen molar-refractivity contribution in [3.63, 3.8) is 0 Å². The van der Waals surface area contributed by atoms with Gasteiger partial charge >= 0.3 is 6.09 Å².